The molecule has 1 amide bonds. The zero-order valence-corrected chi connectivity index (χ0v) is 14.5. The third-order valence-electron chi connectivity index (χ3n) is 3.81. The van der Waals surface area contributed by atoms with Crippen LogP contribution < -0.4 is 15.4 Å². The van der Waals surface area contributed by atoms with Crippen molar-refractivity contribution in [3.8, 4) is 5.75 Å². The number of methoxy groups -OCH3 is 1. The van der Waals surface area contributed by atoms with E-state index < -0.39 is 0 Å². The van der Waals surface area contributed by atoms with Gasteiger partial charge in [-0.25, -0.2) is 9.97 Å². The van der Waals surface area contributed by atoms with E-state index in [4.69, 9.17) is 4.74 Å². The topological polar surface area (TPSA) is 76.1 Å². The van der Waals surface area contributed by atoms with Gasteiger partial charge in [-0.2, -0.15) is 0 Å². The highest BCUT2D eigenvalue weighted by molar-refractivity contribution is 5.93. The van der Waals surface area contributed by atoms with Crippen LogP contribution in [-0.2, 0) is 6.42 Å². The number of carbonyl (C=O) groups excluding carboxylic acids is 1. The molecule has 0 radical (unpaired) electrons. The van der Waals surface area contributed by atoms with Crippen molar-refractivity contribution in [1.82, 2.24) is 15.3 Å². The molecule has 1 aromatic heterocycles. The predicted molar refractivity (Wildman–Crippen MR) is 101 cm³/mol. The summed E-state index contributed by atoms with van der Waals surface area (Å²) in [4.78, 5) is 20.6. The van der Waals surface area contributed by atoms with E-state index in [1.54, 1.807) is 7.11 Å². The lowest BCUT2D eigenvalue weighted by atomic mass is 10.1. The molecule has 0 aliphatic carbocycles. The van der Waals surface area contributed by atoms with E-state index in [2.05, 4.69) is 20.6 Å². The van der Waals surface area contributed by atoms with Crippen LogP contribution in [0.2, 0.25) is 0 Å². The molecule has 132 valence electrons. The van der Waals surface area contributed by atoms with Crippen LogP contribution in [0.25, 0.3) is 0 Å². The molecule has 3 aromatic rings. The second-order valence-electron chi connectivity index (χ2n) is 5.61. The highest BCUT2D eigenvalue weighted by atomic mass is 16.5. The van der Waals surface area contributed by atoms with E-state index in [1.165, 1.54) is 18.0 Å². The van der Waals surface area contributed by atoms with Gasteiger partial charge in [-0.1, -0.05) is 42.5 Å². The van der Waals surface area contributed by atoms with Crippen molar-refractivity contribution in [1.29, 1.82) is 0 Å². The first-order valence-corrected chi connectivity index (χ1v) is 8.30. The highest BCUT2D eigenvalue weighted by Crippen LogP contribution is 2.25. The minimum absolute atomic E-state index is 0.190. The fourth-order valence-corrected chi connectivity index (χ4v) is 2.45. The molecule has 2 N–H and O–H groups in total. The molecule has 0 aliphatic rings. The number of nitrogens with zero attached hydrogens (tertiary/aromatic N) is 2. The fourth-order valence-electron chi connectivity index (χ4n) is 2.45. The van der Waals surface area contributed by atoms with Gasteiger partial charge in [0.15, 0.2) is 0 Å². The first-order valence-electron chi connectivity index (χ1n) is 8.30. The molecule has 0 aliphatic heterocycles. The van der Waals surface area contributed by atoms with Crippen LogP contribution in [0.1, 0.15) is 15.9 Å². The minimum atomic E-state index is -0.190. The van der Waals surface area contributed by atoms with Crippen LogP contribution in [0.4, 0.5) is 11.6 Å². The Kier molecular flexibility index (Phi) is 5.77. The normalized spacial score (nSPS) is 10.2. The smallest absolute Gasteiger partial charge is 0.254 e. The number of anilines is 2. The molecule has 1 heterocycles. The molecule has 0 fully saturated rings. The van der Waals surface area contributed by atoms with E-state index in [0.29, 0.717) is 23.8 Å². The van der Waals surface area contributed by atoms with Gasteiger partial charge in [0.05, 0.1) is 18.4 Å². The van der Waals surface area contributed by atoms with Crippen molar-refractivity contribution in [2.24, 2.45) is 0 Å². The largest absolute Gasteiger partial charge is 0.495 e. The second kappa shape index (κ2) is 8.62. The number of aromatic nitrogens is 2. The van der Waals surface area contributed by atoms with Crippen molar-refractivity contribution in [2.45, 2.75) is 6.42 Å². The molecule has 0 bridgehead atoms. The lowest BCUT2D eigenvalue weighted by Crippen LogP contribution is -2.26. The molecule has 0 atom stereocenters. The minimum Gasteiger partial charge on any atom is -0.495 e. The predicted octanol–water partition coefficient (Wildman–Crippen LogP) is 3.20. The third-order valence-corrected chi connectivity index (χ3v) is 3.81. The van der Waals surface area contributed by atoms with Gasteiger partial charge in [0.25, 0.3) is 5.91 Å². The number of hydrogen-bond donors (Lipinski definition) is 2. The molecular formula is C20H20N4O2. The van der Waals surface area contributed by atoms with E-state index >= 15 is 0 Å². The summed E-state index contributed by atoms with van der Waals surface area (Å²) in [6.07, 6.45) is 3.78. The molecule has 6 heteroatoms. The van der Waals surface area contributed by atoms with E-state index in [0.717, 1.165) is 12.1 Å². The van der Waals surface area contributed by atoms with Crippen molar-refractivity contribution in [3.63, 3.8) is 0 Å². The average Bonchev–Trinajstić information content (AvgIpc) is 2.70. The van der Waals surface area contributed by atoms with Gasteiger partial charge in [-0.3, -0.25) is 4.79 Å². The summed E-state index contributed by atoms with van der Waals surface area (Å²) in [5, 5.41) is 5.95. The molecule has 6 nitrogen and oxygen atoms in total. The molecule has 0 unspecified atom stereocenters. The summed E-state index contributed by atoms with van der Waals surface area (Å²) in [6.45, 7) is 0.560. The lowest BCUT2D eigenvalue weighted by Gasteiger charge is -2.10. The maximum atomic E-state index is 12.2. The van der Waals surface area contributed by atoms with Crippen LogP contribution in [0.5, 0.6) is 5.75 Å². The van der Waals surface area contributed by atoms with Crippen LogP contribution in [-0.4, -0.2) is 29.5 Å². The van der Waals surface area contributed by atoms with Crippen LogP contribution >= 0.6 is 0 Å². The van der Waals surface area contributed by atoms with Crippen molar-refractivity contribution < 1.29 is 9.53 Å². The third kappa shape index (κ3) is 4.57. The Morgan fingerprint density at radius 2 is 1.69 bits per heavy atom. The summed E-state index contributed by atoms with van der Waals surface area (Å²) in [5.74, 6) is 0.902. The zero-order valence-electron chi connectivity index (χ0n) is 14.5. The quantitative estimate of drug-likeness (QED) is 0.686. The molecule has 2 aromatic carbocycles. The van der Waals surface area contributed by atoms with Gasteiger partial charge in [-0.15, -0.1) is 0 Å². The number of amides is 1. The Hall–Kier alpha value is -3.41. The summed E-state index contributed by atoms with van der Waals surface area (Å²) in [7, 11) is 1.60. The summed E-state index contributed by atoms with van der Waals surface area (Å²) in [5.41, 5.74) is 2.36. The maximum absolute atomic E-state index is 12.2. The monoisotopic (exact) mass is 348 g/mol. The van der Waals surface area contributed by atoms with Crippen molar-refractivity contribution in [2.75, 3.05) is 19.0 Å². The van der Waals surface area contributed by atoms with Crippen LogP contribution in [0, 0.1) is 0 Å². The zero-order chi connectivity index (χ0) is 18.2. The van der Waals surface area contributed by atoms with E-state index in [-0.39, 0.29) is 5.91 Å². The number of benzene rings is 2. The average molecular weight is 348 g/mol. The first-order chi connectivity index (χ1) is 12.8. The Morgan fingerprint density at radius 1 is 1.00 bits per heavy atom. The molecule has 0 spiro atoms. The van der Waals surface area contributed by atoms with Crippen LogP contribution in [0.3, 0.4) is 0 Å². The molecule has 3 rings (SSSR count). The highest BCUT2D eigenvalue weighted by Gasteiger charge is 2.08. The van der Waals surface area contributed by atoms with Gasteiger partial charge in [0.1, 0.15) is 5.75 Å². The maximum Gasteiger partial charge on any atom is 0.254 e. The summed E-state index contributed by atoms with van der Waals surface area (Å²) >= 11 is 0. The SMILES string of the molecule is COc1ccccc1Nc1ncc(C(=O)NCCc2ccccc2)cn1. The molecule has 0 saturated heterocycles. The number of para-hydroxylation sites is 2. The van der Waals surface area contributed by atoms with E-state index in [1.807, 2.05) is 54.6 Å². The Morgan fingerprint density at radius 3 is 2.42 bits per heavy atom. The molecule has 26 heavy (non-hydrogen) atoms. The van der Waals surface area contributed by atoms with Crippen molar-refractivity contribution >= 4 is 17.5 Å². The molecule has 0 saturated carbocycles. The summed E-state index contributed by atoms with van der Waals surface area (Å²) < 4.78 is 5.28. The van der Waals surface area contributed by atoms with Gasteiger partial charge in [-0.05, 0) is 24.1 Å². The Labute approximate surface area is 152 Å². The van der Waals surface area contributed by atoms with Gasteiger partial charge in [0, 0.05) is 18.9 Å². The first kappa shape index (κ1) is 17.4. The van der Waals surface area contributed by atoms with Gasteiger partial charge >= 0.3 is 0 Å². The number of nitrogens with one attached hydrogen (secondary N) is 2. The van der Waals surface area contributed by atoms with Gasteiger partial charge in [0.2, 0.25) is 5.95 Å². The number of hydrogen-bond acceptors (Lipinski definition) is 5. The number of carbonyl (C=O) groups is 1. The second-order valence-corrected chi connectivity index (χ2v) is 5.61. The van der Waals surface area contributed by atoms with Crippen LogP contribution in [0.15, 0.2) is 67.0 Å². The number of ether oxygens (including phenoxy) is 1. The van der Waals surface area contributed by atoms with Crippen molar-refractivity contribution in [3.05, 3.63) is 78.1 Å². The summed E-state index contributed by atoms with van der Waals surface area (Å²) in [6, 6.07) is 17.5. The van der Waals surface area contributed by atoms with E-state index in [9.17, 15) is 4.79 Å². The van der Waals surface area contributed by atoms with Gasteiger partial charge < -0.3 is 15.4 Å². The lowest BCUT2D eigenvalue weighted by molar-refractivity contribution is 0.0953. The number of rotatable bonds is 7. The Bertz CT molecular complexity index is 851. The molecular weight excluding hydrogens is 328 g/mol. The standard InChI is InChI=1S/C20H20N4O2/c1-26-18-10-6-5-9-17(18)24-20-22-13-16(14-23-20)19(25)21-12-11-15-7-3-2-4-8-15/h2-10,13-14H,11-12H2,1H3,(H,21,25)(H,22,23,24). The fraction of sp³-hybridized carbons (Fsp3) is 0.150. The Balaban J connectivity index is 1.56.